The van der Waals surface area contributed by atoms with Crippen molar-refractivity contribution in [3.63, 3.8) is 0 Å². The number of fused-ring (bicyclic) bond motifs is 1. The molecule has 1 aliphatic heterocycles. The summed E-state index contributed by atoms with van der Waals surface area (Å²) in [5, 5.41) is 5.47. The summed E-state index contributed by atoms with van der Waals surface area (Å²) in [6.45, 7) is 2.30. The van der Waals surface area contributed by atoms with Crippen molar-refractivity contribution < 1.29 is 22.7 Å². The zero-order chi connectivity index (χ0) is 21.0. The van der Waals surface area contributed by atoms with Gasteiger partial charge in [-0.25, -0.2) is 8.42 Å². The van der Waals surface area contributed by atoms with Crippen molar-refractivity contribution >= 4 is 33.2 Å². The molecule has 0 aliphatic carbocycles. The van der Waals surface area contributed by atoms with Gasteiger partial charge < -0.3 is 15.4 Å². The molecule has 0 unspecified atom stereocenters. The molecule has 0 radical (unpaired) electrons. The van der Waals surface area contributed by atoms with E-state index in [0.717, 1.165) is 17.0 Å². The maximum absolute atomic E-state index is 12.8. The number of ether oxygens (including phenoxy) is 1. The number of sulfonamides is 1. The van der Waals surface area contributed by atoms with Gasteiger partial charge in [-0.3, -0.25) is 13.9 Å². The molecule has 0 fully saturated rings. The number of hydrogen-bond donors (Lipinski definition) is 2. The summed E-state index contributed by atoms with van der Waals surface area (Å²) in [6.07, 6.45) is 0.806. The van der Waals surface area contributed by atoms with Gasteiger partial charge in [-0.15, -0.1) is 0 Å². The Morgan fingerprint density at radius 2 is 1.83 bits per heavy atom. The number of nitrogens with one attached hydrogen (secondary N) is 2. The number of hydrogen-bond acceptors (Lipinski definition) is 5. The minimum Gasteiger partial charge on any atom is -0.476 e. The Kier molecular flexibility index (Phi) is 6.07. The quantitative estimate of drug-likeness (QED) is 0.748. The first-order valence-electron chi connectivity index (χ1n) is 9.22. The van der Waals surface area contributed by atoms with E-state index in [0.29, 0.717) is 29.2 Å². The molecular formula is C20H23N3O5S. The van der Waals surface area contributed by atoms with Crippen molar-refractivity contribution in [2.45, 2.75) is 19.4 Å². The molecule has 1 aliphatic rings. The average molecular weight is 417 g/mol. The molecule has 1 heterocycles. The second kappa shape index (κ2) is 8.52. The van der Waals surface area contributed by atoms with E-state index >= 15 is 0 Å². The summed E-state index contributed by atoms with van der Waals surface area (Å²) in [7, 11) is -3.60. The van der Waals surface area contributed by atoms with E-state index in [9.17, 15) is 18.0 Å². The van der Waals surface area contributed by atoms with Crippen LogP contribution >= 0.6 is 0 Å². The molecule has 0 spiro atoms. The lowest BCUT2D eigenvalue weighted by molar-refractivity contribution is -0.122. The number of carbonyl (C=O) groups excluding carboxylic acids is 2. The van der Waals surface area contributed by atoms with Gasteiger partial charge >= 0.3 is 0 Å². The summed E-state index contributed by atoms with van der Waals surface area (Å²) >= 11 is 0. The number of nitrogens with zero attached hydrogens (tertiary/aromatic N) is 1. The van der Waals surface area contributed by atoms with Gasteiger partial charge in [0.2, 0.25) is 10.0 Å². The monoisotopic (exact) mass is 417 g/mol. The number of para-hydroxylation sites is 3. The van der Waals surface area contributed by atoms with Crippen molar-refractivity contribution in [1.82, 2.24) is 5.32 Å². The van der Waals surface area contributed by atoms with Crippen LogP contribution in [0.5, 0.6) is 5.75 Å². The highest BCUT2D eigenvalue weighted by atomic mass is 32.2. The van der Waals surface area contributed by atoms with Crippen LogP contribution in [0, 0.1) is 0 Å². The molecule has 3 rings (SSSR count). The van der Waals surface area contributed by atoms with Crippen molar-refractivity contribution in [3.8, 4) is 5.75 Å². The first-order chi connectivity index (χ1) is 13.8. The lowest BCUT2D eigenvalue weighted by atomic mass is 10.1. The molecule has 0 saturated heterocycles. The third kappa shape index (κ3) is 4.68. The molecule has 0 bridgehead atoms. The fraction of sp³-hybridized carbons (Fsp3) is 0.300. The van der Waals surface area contributed by atoms with E-state index in [1.807, 2.05) is 6.92 Å². The van der Waals surface area contributed by atoms with Gasteiger partial charge in [0, 0.05) is 6.54 Å². The van der Waals surface area contributed by atoms with E-state index in [-0.39, 0.29) is 12.5 Å². The van der Waals surface area contributed by atoms with Crippen LogP contribution in [0.2, 0.25) is 0 Å². The molecule has 8 nitrogen and oxygen atoms in total. The first-order valence-corrected chi connectivity index (χ1v) is 11.1. The first kappa shape index (κ1) is 20.7. The van der Waals surface area contributed by atoms with E-state index in [1.165, 1.54) is 0 Å². The zero-order valence-corrected chi connectivity index (χ0v) is 17.0. The van der Waals surface area contributed by atoms with E-state index in [4.69, 9.17) is 4.74 Å². The van der Waals surface area contributed by atoms with Crippen LogP contribution in [0.15, 0.2) is 48.5 Å². The maximum atomic E-state index is 12.8. The predicted octanol–water partition coefficient (Wildman–Crippen LogP) is 1.99. The predicted molar refractivity (Wildman–Crippen MR) is 111 cm³/mol. The Balaban J connectivity index is 1.83. The SMILES string of the molecule is CCCNC(=O)c1ccccc1NC(=O)[C@H]1CN(S(C)(=O)=O)c2ccccc2O1. The van der Waals surface area contributed by atoms with Crippen LogP contribution in [-0.4, -0.2) is 45.7 Å². The van der Waals surface area contributed by atoms with Crippen molar-refractivity contribution in [1.29, 1.82) is 0 Å². The number of carbonyl (C=O) groups is 2. The van der Waals surface area contributed by atoms with Gasteiger partial charge in [0.15, 0.2) is 6.10 Å². The Morgan fingerprint density at radius 1 is 1.14 bits per heavy atom. The lowest BCUT2D eigenvalue weighted by Gasteiger charge is -2.33. The Morgan fingerprint density at radius 3 is 2.55 bits per heavy atom. The maximum Gasteiger partial charge on any atom is 0.267 e. The van der Waals surface area contributed by atoms with Gasteiger partial charge in [0.1, 0.15) is 5.75 Å². The molecule has 2 aromatic rings. The topological polar surface area (TPSA) is 105 Å². The van der Waals surface area contributed by atoms with E-state index in [1.54, 1.807) is 48.5 Å². The normalized spacial score (nSPS) is 15.8. The third-order valence-electron chi connectivity index (χ3n) is 4.39. The number of benzene rings is 2. The summed E-state index contributed by atoms with van der Waals surface area (Å²) in [6, 6.07) is 13.3. The van der Waals surface area contributed by atoms with Gasteiger partial charge in [0.05, 0.1) is 29.7 Å². The van der Waals surface area contributed by atoms with Crippen LogP contribution in [0.3, 0.4) is 0 Å². The van der Waals surface area contributed by atoms with Gasteiger partial charge in [-0.1, -0.05) is 31.2 Å². The van der Waals surface area contributed by atoms with Crippen LogP contribution in [-0.2, 0) is 14.8 Å². The molecule has 29 heavy (non-hydrogen) atoms. The second-order valence-corrected chi connectivity index (χ2v) is 8.57. The van der Waals surface area contributed by atoms with E-state index in [2.05, 4.69) is 10.6 Å². The molecule has 2 aromatic carbocycles. The fourth-order valence-corrected chi connectivity index (χ4v) is 3.90. The third-order valence-corrected chi connectivity index (χ3v) is 5.54. The number of anilines is 2. The largest absolute Gasteiger partial charge is 0.476 e. The van der Waals surface area contributed by atoms with E-state index < -0.39 is 22.0 Å². The van der Waals surface area contributed by atoms with Gasteiger partial charge in [-0.05, 0) is 30.7 Å². The molecule has 9 heteroatoms. The van der Waals surface area contributed by atoms with Crippen LogP contribution in [0.4, 0.5) is 11.4 Å². The zero-order valence-electron chi connectivity index (χ0n) is 16.2. The van der Waals surface area contributed by atoms with Crippen molar-refractivity contribution in [2.24, 2.45) is 0 Å². The van der Waals surface area contributed by atoms with Gasteiger partial charge in [0.25, 0.3) is 11.8 Å². The molecule has 2 amide bonds. The van der Waals surface area contributed by atoms with Crippen LogP contribution < -0.4 is 19.7 Å². The Labute approximate surface area is 169 Å². The summed E-state index contributed by atoms with van der Waals surface area (Å²) < 4.78 is 31.3. The molecule has 1 atom stereocenters. The minimum atomic E-state index is -3.60. The summed E-state index contributed by atoms with van der Waals surface area (Å²) in [5.41, 5.74) is 1.04. The summed E-state index contributed by atoms with van der Waals surface area (Å²) in [5.74, 6) is -0.530. The highest BCUT2D eigenvalue weighted by Crippen LogP contribution is 2.34. The van der Waals surface area contributed by atoms with Crippen LogP contribution in [0.1, 0.15) is 23.7 Å². The summed E-state index contributed by atoms with van der Waals surface area (Å²) in [4.78, 5) is 25.2. The Hall–Kier alpha value is -3.07. The minimum absolute atomic E-state index is 0.161. The molecule has 0 aromatic heterocycles. The molecule has 154 valence electrons. The standard InChI is InChI=1S/C20H23N3O5S/c1-3-12-21-19(24)14-8-4-5-9-15(14)22-20(25)18-13-23(29(2,26)27)16-10-6-7-11-17(16)28-18/h4-11,18H,3,12-13H2,1-2H3,(H,21,24)(H,22,25)/t18-/m1/s1. The highest BCUT2D eigenvalue weighted by molar-refractivity contribution is 7.92. The van der Waals surface area contributed by atoms with Crippen molar-refractivity contribution in [3.05, 3.63) is 54.1 Å². The molecular weight excluding hydrogens is 394 g/mol. The van der Waals surface area contributed by atoms with Crippen LogP contribution in [0.25, 0.3) is 0 Å². The smallest absolute Gasteiger partial charge is 0.267 e. The molecule has 2 N–H and O–H groups in total. The van der Waals surface area contributed by atoms with Crippen molar-refractivity contribution in [2.75, 3.05) is 29.0 Å². The second-order valence-electron chi connectivity index (χ2n) is 6.66. The number of amides is 2. The highest BCUT2D eigenvalue weighted by Gasteiger charge is 2.35. The average Bonchev–Trinajstić information content (AvgIpc) is 2.70. The van der Waals surface area contributed by atoms with Gasteiger partial charge in [-0.2, -0.15) is 0 Å². The number of rotatable bonds is 6. The molecule has 0 saturated carbocycles. The fourth-order valence-electron chi connectivity index (χ4n) is 2.99. The lowest BCUT2D eigenvalue weighted by Crippen LogP contribution is -2.48. The Bertz CT molecular complexity index is 1020.